The van der Waals surface area contributed by atoms with Crippen LogP contribution in [0.15, 0.2) is 36.7 Å². The first-order chi connectivity index (χ1) is 11.1. The minimum atomic E-state index is -0.430. The summed E-state index contributed by atoms with van der Waals surface area (Å²) < 4.78 is 1.61. The van der Waals surface area contributed by atoms with E-state index in [1.165, 1.54) is 12.4 Å². The monoisotopic (exact) mass is 335 g/mol. The number of aromatic nitrogens is 2. The van der Waals surface area contributed by atoms with Gasteiger partial charge in [-0.05, 0) is 11.6 Å². The van der Waals surface area contributed by atoms with Crippen LogP contribution in [0.3, 0.4) is 0 Å². The molecule has 122 valence electrons. The Morgan fingerprint density at radius 3 is 2.96 bits per heavy atom. The first-order valence-corrected chi connectivity index (χ1v) is 7.89. The van der Waals surface area contributed by atoms with Gasteiger partial charge in [-0.25, -0.2) is 0 Å². The Balaban J connectivity index is 1.69. The lowest BCUT2D eigenvalue weighted by atomic mass is 10.0. The van der Waals surface area contributed by atoms with Crippen LogP contribution < -0.4 is 5.32 Å². The molecule has 8 heteroatoms. The summed E-state index contributed by atoms with van der Waals surface area (Å²) in [4.78, 5) is 12.6. The summed E-state index contributed by atoms with van der Waals surface area (Å²) in [5, 5.41) is 18.9. The maximum Gasteiger partial charge on any atom is 0.306 e. The van der Waals surface area contributed by atoms with E-state index in [1.54, 1.807) is 4.68 Å². The Morgan fingerprint density at radius 2 is 2.22 bits per heavy atom. The number of hydrogen-bond donors (Lipinski definition) is 1. The van der Waals surface area contributed by atoms with E-state index in [4.69, 9.17) is 11.6 Å². The third kappa shape index (κ3) is 3.69. The maximum absolute atomic E-state index is 10.7. The lowest BCUT2D eigenvalue weighted by molar-refractivity contribution is -0.385. The SMILES string of the molecule is O=[N+]([O-])c1cnn(CCN2CCNCC2c2ccccc2Cl)c1. The van der Waals surface area contributed by atoms with Gasteiger partial charge in [0.2, 0.25) is 0 Å². The molecule has 0 amide bonds. The van der Waals surface area contributed by atoms with Gasteiger partial charge in [-0.1, -0.05) is 29.8 Å². The van der Waals surface area contributed by atoms with Crippen LogP contribution >= 0.6 is 11.6 Å². The molecule has 1 aromatic heterocycles. The average molecular weight is 336 g/mol. The molecule has 7 nitrogen and oxygen atoms in total. The largest absolute Gasteiger partial charge is 0.314 e. The van der Waals surface area contributed by atoms with Crippen molar-refractivity contribution >= 4 is 17.3 Å². The highest BCUT2D eigenvalue weighted by Gasteiger charge is 2.25. The van der Waals surface area contributed by atoms with Gasteiger partial charge in [0.25, 0.3) is 0 Å². The van der Waals surface area contributed by atoms with Gasteiger partial charge in [-0.15, -0.1) is 0 Å². The topological polar surface area (TPSA) is 76.2 Å². The van der Waals surface area contributed by atoms with Gasteiger partial charge in [-0.3, -0.25) is 19.7 Å². The van der Waals surface area contributed by atoms with E-state index in [9.17, 15) is 10.1 Å². The van der Waals surface area contributed by atoms with E-state index in [0.29, 0.717) is 6.54 Å². The van der Waals surface area contributed by atoms with Crippen molar-refractivity contribution in [2.24, 2.45) is 0 Å². The van der Waals surface area contributed by atoms with E-state index in [0.717, 1.165) is 36.8 Å². The Bertz CT molecular complexity index is 690. The number of rotatable bonds is 5. The molecule has 1 aromatic carbocycles. The van der Waals surface area contributed by atoms with E-state index in [1.807, 2.05) is 24.3 Å². The molecule has 0 radical (unpaired) electrons. The number of benzene rings is 1. The Labute approximate surface area is 139 Å². The highest BCUT2D eigenvalue weighted by atomic mass is 35.5. The number of halogens is 1. The van der Waals surface area contributed by atoms with Gasteiger partial charge in [0.1, 0.15) is 12.4 Å². The van der Waals surface area contributed by atoms with Crippen molar-refractivity contribution < 1.29 is 4.92 Å². The Hall–Kier alpha value is -1.96. The van der Waals surface area contributed by atoms with Gasteiger partial charge in [-0.2, -0.15) is 5.10 Å². The van der Waals surface area contributed by atoms with E-state index in [2.05, 4.69) is 15.3 Å². The Morgan fingerprint density at radius 1 is 1.39 bits per heavy atom. The molecular weight excluding hydrogens is 318 g/mol. The molecule has 0 saturated carbocycles. The second-order valence-corrected chi connectivity index (χ2v) is 5.90. The molecule has 1 fully saturated rings. The van der Waals surface area contributed by atoms with Crippen LogP contribution in [0.1, 0.15) is 11.6 Å². The highest BCUT2D eigenvalue weighted by molar-refractivity contribution is 6.31. The van der Waals surface area contributed by atoms with E-state index >= 15 is 0 Å². The predicted octanol–water partition coefficient (Wildman–Crippen LogP) is 2.09. The lowest BCUT2D eigenvalue weighted by Gasteiger charge is -2.36. The zero-order valence-corrected chi connectivity index (χ0v) is 13.3. The summed E-state index contributed by atoms with van der Waals surface area (Å²) >= 11 is 6.33. The summed E-state index contributed by atoms with van der Waals surface area (Å²) in [6.07, 6.45) is 2.75. The van der Waals surface area contributed by atoms with Crippen molar-refractivity contribution in [3.63, 3.8) is 0 Å². The van der Waals surface area contributed by atoms with Crippen LogP contribution in [0, 0.1) is 10.1 Å². The highest BCUT2D eigenvalue weighted by Crippen LogP contribution is 2.28. The molecular formula is C15H18ClN5O2. The molecule has 1 N–H and O–H groups in total. The number of nitro groups is 1. The number of hydrogen-bond acceptors (Lipinski definition) is 5. The number of nitrogens with zero attached hydrogens (tertiary/aromatic N) is 4. The van der Waals surface area contributed by atoms with Crippen molar-refractivity contribution in [1.82, 2.24) is 20.0 Å². The molecule has 2 aromatic rings. The minimum absolute atomic E-state index is 0.0213. The van der Waals surface area contributed by atoms with Crippen molar-refractivity contribution in [2.75, 3.05) is 26.2 Å². The van der Waals surface area contributed by atoms with Crippen LogP contribution in [0.4, 0.5) is 5.69 Å². The maximum atomic E-state index is 10.7. The van der Waals surface area contributed by atoms with E-state index in [-0.39, 0.29) is 11.7 Å². The molecule has 1 unspecified atom stereocenters. The predicted molar refractivity (Wildman–Crippen MR) is 87.5 cm³/mol. The van der Waals surface area contributed by atoms with Crippen LogP contribution in [-0.4, -0.2) is 45.8 Å². The molecule has 23 heavy (non-hydrogen) atoms. The molecule has 1 aliphatic rings. The lowest BCUT2D eigenvalue weighted by Crippen LogP contribution is -2.47. The van der Waals surface area contributed by atoms with Gasteiger partial charge < -0.3 is 5.32 Å². The van der Waals surface area contributed by atoms with Crippen molar-refractivity contribution in [1.29, 1.82) is 0 Å². The first-order valence-electron chi connectivity index (χ1n) is 7.51. The standard InChI is InChI=1S/C15H18ClN5O2/c16-14-4-2-1-3-13(14)15-10-17-5-6-19(15)7-8-20-11-12(9-18-20)21(22)23/h1-4,9,11,15,17H,5-8,10H2. The summed E-state index contributed by atoms with van der Waals surface area (Å²) in [5.41, 5.74) is 1.13. The zero-order chi connectivity index (χ0) is 16.2. The molecule has 0 aliphatic carbocycles. The van der Waals surface area contributed by atoms with Gasteiger partial charge >= 0.3 is 5.69 Å². The van der Waals surface area contributed by atoms with Crippen molar-refractivity contribution in [3.8, 4) is 0 Å². The minimum Gasteiger partial charge on any atom is -0.314 e. The molecule has 0 spiro atoms. The normalized spacial score (nSPS) is 18.9. The zero-order valence-electron chi connectivity index (χ0n) is 12.6. The molecule has 1 saturated heterocycles. The fourth-order valence-corrected chi connectivity index (χ4v) is 3.13. The summed E-state index contributed by atoms with van der Waals surface area (Å²) in [7, 11) is 0. The number of nitrogens with one attached hydrogen (secondary N) is 1. The summed E-state index contributed by atoms with van der Waals surface area (Å²) in [6, 6.07) is 8.06. The third-order valence-electron chi connectivity index (χ3n) is 4.07. The van der Waals surface area contributed by atoms with Crippen LogP contribution in [-0.2, 0) is 6.54 Å². The van der Waals surface area contributed by atoms with Gasteiger partial charge in [0.05, 0.1) is 11.5 Å². The van der Waals surface area contributed by atoms with Crippen LogP contribution in [0.25, 0.3) is 0 Å². The second-order valence-electron chi connectivity index (χ2n) is 5.50. The molecule has 2 heterocycles. The molecule has 1 aliphatic heterocycles. The van der Waals surface area contributed by atoms with Crippen molar-refractivity contribution in [2.45, 2.75) is 12.6 Å². The smallest absolute Gasteiger partial charge is 0.306 e. The average Bonchev–Trinajstić information content (AvgIpc) is 3.03. The number of piperazine rings is 1. The van der Waals surface area contributed by atoms with Crippen LogP contribution in [0.2, 0.25) is 5.02 Å². The van der Waals surface area contributed by atoms with Crippen LogP contribution in [0.5, 0.6) is 0 Å². The second kappa shape index (κ2) is 7.08. The van der Waals surface area contributed by atoms with Gasteiger partial charge in [0, 0.05) is 37.2 Å². The summed E-state index contributed by atoms with van der Waals surface area (Å²) in [5.74, 6) is 0. The van der Waals surface area contributed by atoms with Crippen molar-refractivity contribution in [3.05, 3.63) is 57.4 Å². The molecule has 1 atom stereocenters. The fourth-order valence-electron chi connectivity index (χ4n) is 2.87. The quantitative estimate of drug-likeness (QED) is 0.669. The molecule has 3 rings (SSSR count). The Kier molecular flexibility index (Phi) is 4.90. The van der Waals surface area contributed by atoms with Gasteiger partial charge in [0.15, 0.2) is 0 Å². The summed E-state index contributed by atoms with van der Waals surface area (Å²) in [6.45, 7) is 4.02. The third-order valence-corrected chi connectivity index (χ3v) is 4.41. The van der Waals surface area contributed by atoms with E-state index < -0.39 is 4.92 Å². The fraction of sp³-hybridized carbons (Fsp3) is 0.400. The molecule has 0 bridgehead atoms. The first kappa shape index (κ1) is 15.9.